The van der Waals surface area contributed by atoms with Gasteiger partial charge in [0.05, 0.1) is 22.5 Å². The number of hydrogen-bond acceptors (Lipinski definition) is 3. The topological polar surface area (TPSA) is 72.9 Å². The number of aryl methyl sites for hydroxylation is 1. The molecule has 0 radical (unpaired) electrons. The fraction of sp³-hybridized carbons (Fsp3) is 0.0909. The van der Waals surface area contributed by atoms with Gasteiger partial charge in [-0.3, -0.25) is 9.48 Å². The van der Waals surface area contributed by atoms with Crippen LogP contribution < -0.4 is 11.1 Å². The molecule has 0 aliphatic rings. The van der Waals surface area contributed by atoms with Crippen molar-refractivity contribution < 1.29 is 9.18 Å². The van der Waals surface area contributed by atoms with Crippen LogP contribution in [0.2, 0.25) is 5.02 Å². The van der Waals surface area contributed by atoms with Crippen molar-refractivity contribution in [2.45, 2.75) is 0 Å². The first-order chi connectivity index (χ1) is 8.50. The fourth-order valence-electron chi connectivity index (χ4n) is 1.49. The molecule has 18 heavy (non-hydrogen) atoms. The number of benzene rings is 1. The molecule has 1 aromatic heterocycles. The maximum atomic E-state index is 13.5. The summed E-state index contributed by atoms with van der Waals surface area (Å²) in [6, 6.07) is 4.02. The summed E-state index contributed by atoms with van der Waals surface area (Å²) in [5, 5.41) is 6.36. The van der Waals surface area contributed by atoms with E-state index in [9.17, 15) is 9.18 Å². The van der Waals surface area contributed by atoms with Gasteiger partial charge in [0.1, 0.15) is 5.82 Å². The molecule has 0 atom stereocenters. The molecule has 0 spiro atoms. The first kappa shape index (κ1) is 12.4. The average Bonchev–Trinajstić information content (AvgIpc) is 2.60. The number of carbonyl (C=O) groups excluding carboxylic acids is 1. The molecule has 0 saturated heterocycles. The van der Waals surface area contributed by atoms with E-state index in [1.165, 1.54) is 23.0 Å². The molecule has 1 heterocycles. The SMILES string of the molecule is Cn1ncc(N)c1NC(=O)c1c(F)cccc1Cl. The van der Waals surface area contributed by atoms with Gasteiger partial charge in [0, 0.05) is 7.05 Å². The van der Waals surface area contributed by atoms with E-state index in [0.29, 0.717) is 11.5 Å². The van der Waals surface area contributed by atoms with Crippen molar-refractivity contribution in [3.8, 4) is 0 Å². The average molecular weight is 269 g/mol. The molecule has 94 valence electrons. The molecule has 0 fully saturated rings. The van der Waals surface area contributed by atoms with Gasteiger partial charge < -0.3 is 11.1 Å². The highest BCUT2D eigenvalue weighted by molar-refractivity contribution is 6.34. The Bertz CT molecular complexity index is 571. The van der Waals surface area contributed by atoms with E-state index in [-0.39, 0.29) is 10.6 Å². The lowest BCUT2D eigenvalue weighted by atomic mass is 10.2. The van der Waals surface area contributed by atoms with Crippen molar-refractivity contribution in [3.63, 3.8) is 0 Å². The second-order valence-electron chi connectivity index (χ2n) is 3.62. The number of hydrogen-bond donors (Lipinski definition) is 2. The Kier molecular flexibility index (Phi) is 3.20. The number of halogens is 2. The monoisotopic (exact) mass is 268 g/mol. The van der Waals surface area contributed by atoms with E-state index in [4.69, 9.17) is 17.3 Å². The second-order valence-corrected chi connectivity index (χ2v) is 4.03. The van der Waals surface area contributed by atoms with Crippen molar-refractivity contribution in [2.24, 2.45) is 7.05 Å². The van der Waals surface area contributed by atoms with Gasteiger partial charge in [-0.25, -0.2) is 4.39 Å². The third kappa shape index (κ3) is 2.14. The van der Waals surface area contributed by atoms with Gasteiger partial charge in [0.2, 0.25) is 0 Å². The fourth-order valence-corrected chi connectivity index (χ4v) is 1.74. The van der Waals surface area contributed by atoms with Gasteiger partial charge in [-0.2, -0.15) is 5.10 Å². The molecule has 0 aliphatic carbocycles. The highest BCUT2D eigenvalue weighted by atomic mass is 35.5. The van der Waals surface area contributed by atoms with Crippen LogP contribution in [-0.4, -0.2) is 15.7 Å². The molecular formula is C11H10ClFN4O. The summed E-state index contributed by atoms with van der Waals surface area (Å²) in [6.07, 6.45) is 1.39. The lowest BCUT2D eigenvalue weighted by Gasteiger charge is -2.08. The molecule has 0 unspecified atom stereocenters. The lowest BCUT2D eigenvalue weighted by molar-refractivity contribution is 0.102. The minimum atomic E-state index is -0.694. The number of nitrogens with one attached hydrogen (secondary N) is 1. The lowest BCUT2D eigenvalue weighted by Crippen LogP contribution is -2.17. The minimum Gasteiger partial charge on any atom is -0.394 e. The molecule has 1 amide bonds. The van der Waals surface area contributed by atoms with Crippen LogP contribution in [0, 0.1) is 5.82 Å². The largest absolute Gasteiger partial charge is 0.394 e. The van der Waals surface area contributed by atoms with Gasteiger partial charge in [-0.15, -0.1) is 0 Å². The quantitative estimate of drug-likeness (QED) is 0.875. The Labute approximate surface area is 107 Å². The zero-order valence-electron chi connectivity index (χ0n) is 9.45. The number of carbonyl (C=O) groups is 1. The van der Waals surface area contributed by atoms with Crippen LogP contribution in [0.1, 0.15) is 10.4 Å². The van der Waals surface area contributed by atoms with Crippen LogP contribution in [0.4, 0.5) is 15.9 Å². The van der Waals surface area contributed by atoms with E-state index in [2.05, 4.69) is 10.4 Å². The summed E-state index contributed by atoms with van der Waals surface area (Å²) in [5.41, 5.74) is 5.69. The molecule has 5 nitrogen and oxygen atoms in total. The number of nitrogens with two attached hydrogens (primary N) is 1. The third-order valence-electron chi connectivity index (χ3n) is 2.39. The number of nitrogens with zero attached hydrogens (tertiary/aromatic N) is 2. The van der Waals surface area contributed by atoms with Crippen molar-refractivity contribution in [2.75, 3.05) is 11.1 Å². The Morgan fingerprint density at radius 1 is 1.56 bits per heavy atom. The highest BCUT2D eigenvalue weighted by Crippen LogP contribution is 2.22. The van der Waals surface area contributed by atoms with Gasteiger partial charge in [0.15, 0.2) is 5.82 Å². The first-order valence-electron chi connectivity index (χ1n) is 5.03. The standard InChI is InChI=1S/C11H10ClFN4O/c1-17-10(8(14)5-15-17)16-11(18)9-6(12)3-2-4-7(9)13/h2-5H,14H2,1H3,(H,16,18). The molecule has 1 aromatic carbocycles. The molecule has 2 rings (SSSR count). The van der Waals surface area contributed by atoms with Crippen LogP contribution in [0.25, 0.3) is 0 Å². The number of aromatic nitrogens is 2. The summed E-state index contributed by atoms with van der Waals surface area (Å²) in [5.74, 6) is -1.08. The predicted octanol–water partition coefficient (Wildman–Crippen LogP) is 2.05. The first-order valence-corrected chi connectivity index (χ1v) is 5.41. The maximum Gasteiger partial charge on any atom is 0.261 e. The van der Waals surface area contributed by atoms with E-state index in [0.717, 1.165) is 6.07 Å². The van der Waals surface area contributed by atoms with E-state index in [1.807, 2.05) is 0 Å². The van der Waals surface area contributed by atoms with Gasteiger partial charge in [-0.05, 0) is 12.1 Å². The van der Waals surface area contributed by atoms with E-state index in [1.54, 1.807) is 7.05 Å². The van der Waals surface area contributed by atoms with Crippen LogP contribution in [-0.2, 0) is 7.05 Å². The molecule has 7 heteroatoms. The normalized spacial score (nSPS) is 10.4. The second kappa shape index (κ2) is 4.66. The van der Waals surface area contributed by atoms with Crippen LogP contribution in [0.3, 0.4) is 0 Å². The van der Waals surface area contributed by atoms with Crippen molar-refractivity contribution in [3.05, 3.63) is 40.8 Å². The molecule has 2 aromatic rings. The maximum absolute atomic E-state index is 13.5. The summed E-state index contributed by atoms with van der Waals surface area (Å²) < 4.78 is 14.9. The predicted molar refractivity (Wildman–Crippen MR) is 67.0 cm³/mol. The summed E-state index contributed by atoms with van der Waals surface area (Å²) in [4.78, 5) is 11.9. The smallest absolute Gasteiger partial charge is 0.261 e. The highest BCUT2D eigenvalue weighted by Gasteiger charge is 2.18. The summed E-state index contributed by atoms with van der Waals surface area (Å²) in [6.45, 7) is 0. The number of rotatable bonds is 2. The van der Waals surface area contributed by atoms with Crippen LogP contribution >= 0.6 is 11.6 Å². The molecule has 0 aliphatic heterocycles. The zero-order valence-corrected chi connectivity index (χ0v) is 10.2. The van der Waals surface area contributed by atoms with Crippen molar-refractivity contribution in [1.82, 2.24) is 9.78 Å². The Morgan fingerprint density at radius 3 is 2.83 bits per heavy atom. The molecule has 0 bridgehead atoms. The van der Waals surface area contributed by atoms with Crippen LogP contribution in [0.15, 0.2) is 24.4 Å². The summed E-state index contributed by atoms with van der Waals surface area (Å²) >= 11 is 5.79. The van der Waals surface area contributed by atoms with Gasteiger partial charge >= 0.3 is 0 Å². The number of nitrogen functional groups attached to an aromatic ring is 1. The number of anilines is 2. The Hall–Kier alpha value is -2.08. The van der Waals surface area contributed by atoms with Crippen LogP contribution in [0.5, 0.6) is 0 Å². The van der Waals surface area contributed by atoms with E-state index >= 15 is 0 Å². The summed E-state index contributed by atoms with van der Waals surface area (Å²) in [7, 11) is 1.61. The van der Waals surface area contributed by atoms with Gasteiger partial charge in [-0.1, -0.05) is 17.7 Å². The molecular weight excluding hydrogens is 259 g/mol. The van der Waals surface area contributed by atoms with Crippen molar-refractivity contribution in [1.29, 1.82) is 0 Å². The van der Waals surface area contributed by atoms with Crippen molar-refractivity contribution >= 4 is 29.0 Å². The Balaban J connectivity index is 2.34. The molecule has 3 N–H and O–H groups in total. The molecule has 0 saturated carbocycles. The zero-order chi connectivity index (χ0) is 13.3. The number of amides is 1. The van der Waals surface area contributed by atoms with E-state index < -0.39 is 11.7 Å². The third-order valence-corrected chi connectivity index (χ3v) is 2.70. The minimum absolute atomic E-state index is 0.0354. The van der Waals surface area contributed by atoms with Gasteiger partial charge in [0.25, 0.3) is 5.91 Å². The Morgan fingerprint density at radius 2 is 2.28 bits per heavy atom.